The molecule has 0 spiro atoms. The Bertz CT molecular complexity index is 732. The molecule has 0 radical (unpaired) electrons. The minimum atomic E-state index is -4.50. The summed E-state index contributed by atoms with van der Waals surface area (Å²) < 4.78 is 38.1. The third-order valence-corrected chi connectivity index (χ3v) is 3.79. The molecule has 0 aliphatic heterocycles. The van der Waals surface area contributed by atoms with Gasteiger partial charge in [0.2, 0.25) is 0 Å². The van der Waals surface area contributed by atoms with E-state index in [1.54, 1.807) is 19.1 Å². The number of halogens is 5. The van der Waals surface area contributed by atoms with Crippen molar-refractivity contribution in [2.24, 2.45) is 0 Å². The van der Waals surface area contributed by atoms with E-state index in [2.05, 4.69) is 5.32 Å². The Morgan fingerprint density at radius 3 is 2.43 bits per heavy atom. The number of carbonyl (C=O) groups is 1. The van der Waals surface area contributed by atoms with E-state index >= 15 is 0 Å². The van der Waals surface area contributed by atoms with Crippen molar-refractivity contribution in [2.75, 3.05) is 0 Å². The number of rotatable bonds is 3. The fourth-order valence-corrected chi connectivity index (χ4v) is 2.62. The van der Waals surface area contributed by atoms with Crippen LogP contribution in [0.2, 0.25) is 10.0 Å². The number of hydrogen-bond acceptors (Lipinski definition) is 1. The lowest BCUT2D eigenvalue weighted by atomic mass is 10.1. The molecule has 0 saturated carbocycles. The third-order valence-electron chi connectivity index (χ3n) is 3.23. The van der Waals surface area contributed by atoms with Gasteiger partial charge in [0.1, 0.15) is 0 Å². The van der Waals surface area contributed by atoms with E-state index in [-0.39, 0.29) is 5.56 Å². The summed E-state index contributed by atoms with van der Waals surface area (Å²) in [5.74, 6) is -0.616. The smallest absolute Gasteiger partial charge is 0.345 e. The Balaban J connectivity index is 2.18. The summed E-state index contributed by atoms with van der Waals surface area (Å²) in [7, 11) is 0. The van der Waals surface area contributed by atoms with Gasteiger partial charge in [-0.25, -0.2) is 0 Å². The average Bonchev–Trinajstić information content (AvgIpc) is 2.46. The van der Waals surface area contributed by atoms with Crippen LogP contribution in [0.15, 0.2) is 42.5 Å². The lowest BCUT2D eigenvalue weighted by Gasteiger charge is -2.16. The number of nitrogens with one attached hydrogen (secondary N) is 1. The van der Waals surface area contributed by atoms with Gasteiger partial charge < -0.3 is 5.32 Å². The summed E-state index contributed by atoms with van der Waals surface area (Å²) in [5.41, 5.74) is -0.324. The van der Waals surface area contributed by atoms with Crippen molar-refractivity contribution < 1.29 is 18.0 Å². The fourth-order valence-electron chi connectivity index (χ4n) is 2.05. The van der Waals surface area contributed by atoms with E-state index in [1.165, 1.54) is 18.2 Å². The molecule has 2 nitrogen and oxygen atoms in total. The Labute approximate surface area is 141 Å². The largest absolute Gasteiger partial charge is 0.416 e. The highest BCUT2D eigenvalue weighted by molar-refractivity contribution is 6.35. The molecule has 0 aliphatic rings. The Morgan fingerprint density at radius 2 is 1.83 bits per heavy atom. The van der Waals surface area contributed by atoms with Gasteiger partial charge in [0.05, 0.1) is 11.6 Å². The molecule has 2 rings (SSSR count). The first-order valence-electron chi connectivity index (χ1n) is 6.61. The van der Waals surface area contributed by atoms with Crippen LogP contribution in [-0.2, 0) is 6.18 Å². The van der Waals surface area contributed by atoms with Crippen molar-refractivity contribution >= 4 is 29.1 Å². The number of benzene rings is 2. The summed E-state index contributed by atoms with van der Waals surface area (Å²) in [5, 5.41) is 3.44. The summed E-state index contributed by atoms with van der Waals surface area (Å²) in [6.45, 7) is 1.68. The molecular formula is C16H12Cl2F3NO. The second kappa shape index (κ2) is 6.81. The van der Waals surface area contributed by atoms with Gasteiger partial charge in [-0.2, -0.15) is 13.2 Å². The van der Waals surface area contributed by atoms with Crippen molar-refractivity contribution in [2.45, 2.75) is 19.1 Å². The second-order valence-corrected chi connectivity index (χ2v) is 5.78. The van der Waals surface area contributed by atoms with Crippen LogP contribution < -0.4 is 5.32 Å². The van der Waals surface area contributed by atoms with Gasteiger partial charge in [0.15, 0.2) is 0 Å². The molecule has 0 heterocycles. The van der Waals surface area contributed by atoms with Gasteiger partial charge in [0.25, 0.3) is 5.91 Å². The number of hydrogen-bond donors (Lipinski definition) is 1. The molecule has 23 heavy (non-hydrogen) atoms. The van der Waals surface area contributed by atoms with Crippen molar-refractivity contribution in [3.8, 4) is 0 Å². The summed E-state index contributed by atoms with van der Waals surface area (Å²) in [6.07, 6.45) is -4.50. The zero-order valence-electron chi connectivity index (χ0n) is 11.9. The van der Waals surface area contributed by atoms with Crippen LogP contribution >= 0.6 is 23.2 Å². The molecule has 2 aromatic rings. The third kappa shape index (κ3) is 4.39. The van der Waals surface area contributed by atoms with Gasteiger partial charge in [-0.1, -0.05) is 35.3 Å². The van der Waals surface area contributed by atoms with Crippen molar-refractivity contribution in [3.05, 3.63) is 69.2 Å². The van der Waals surface area contributed by atoms with Crippen LogP contribution in [0.25, 0.3) is 0 Å². The first-order chi connectivity index (χ1) is 10.7. The van der Waals surface area contributed by atoms with E-state index in [0.717, 1.165) is 12.1 Å². The van der Waals surface area contributed by atoms with E-state index in [0.29, 0.717) is 15.6 Å². The molecule has 1 N–H and O–H groups in total. The molecule has 0 aromatic heterocycles. The average molecular weight is 362 g/mol. The maximum atomic E-state index is 12.7. The topological polar surface area (TPSA) is 29.1 Å². The van der Waals surface area contributed by atoms with Gasteiger partial charge in [-0.15, -0.1) is 0 Å². The lowest BCUT2D eigenvalue weighted by Crippen LogP contribution is -2.27. The molecule has 0 aliphatic carbocycles. The van der Waals surface area contributed by atoms with E-state index in [9.17, 15) is 18.0 Å². The first kappa shape index (κ1) is 17.6. The monoisotopic (exact) mass is 361 g/mol. The standard InChI is InChI=1S/C16H12Cl2F3NO/c1-9(13-6-5-12(17)8-14(13)18)22-15(23)10-3-2-4-11(7-10)16(19,20)21/h2-9H,1H3,(H,22,23)/t9-/m1/s1. The second-order valence-electron chi connectivity index (χ2n) is 4.94. The van der Waals surface area contributed by atoms with E-state index in [1.807, 2.05) is 0 Å². The highest BCUT2D eigenvalue weighted by Crippen LogP contribution is 2.30. The van der Waals surface area contributed by atoms with Gasteiger partial charge in [0, 0.05) is 15.6 Å². The summed E-state index contributed by atoms with van der Waals surface area (Å²) in [6, 6.07) is 8.56. The lowest BCUT2D eigenvalue weighted by molar-refractivity contribution is -0.137. The number of alkyl halides is 3. The van der Waals surface area contributed by atoms with Crippen LogP contribution in [0, 0.1) is 0 Å². The summed E-state index contributed by atoms with van der Waals surface area (Å²) >= 11 is 11.9. The minimum Gasteiger partial charge on any atom is -0.345 e. The predicted molar refractivity (Wildman–Crippen MR) is 83.8 cm³/mol. The number of amides is 1. The normalized spacial score (nSPS) is 12.8. The predicted octanol–water partition coefficient (Wildman–Crippen LogP) is 5.50. The molecule has 0 saturated heterocycles. The zero-order valence-corrected chi connectivity index (χ0v) is 13.4. The number of carbonyl (C=O) groups excluding carboxylic acids is 1. The molecule has 2 aromatic carbocycles. The molecule has 0 bridgehead atoms. The molecule has 1 amide bonds. The molecule has 1 atom stereocenters. The van der Waals surface area contributed by atoms with Crippen LogP contribution in [-0.4, -0.2) is 5.91 Å². The van der Waals surface area contributed by atoms with Crippen LogP contribution in [0.5, 0.6) is 0 Å². The van der Waals surface area contributed by atoms with E-state index < -0.39 is 23.7 Å². The highest BCUT2D eigenvalue weighted by Gasteiger charge is 2.31. The molecule has 0 unspecified atom stereocenters. The first-order valence-corrected chi connectivity index (χ1v) is 7.37. The minimum absolute atomic E-state index is 0.0724. The Morgan fingerprint density at radius 1 is 1.13 bits per heavy atom. The Kier molecular flexibility index (Phi) is 5.22. The zero-order chi connectivity index (χ0) is 17.2. The van der Waals surface area contributed by atoms with Gasteiger partial charge >= 0.3 is 6.18 Å². The van der Waals surface area contributed by atoms with Crippen molar-refractivity contribution in [1.29, 1.82) is 0 Å². The summed E-state index contributed by atoms with van der Waals surface area (Å²) in [4.78, 5) is 12.1. The maximum absolute atomic E-state index is 12.7. The molecule has 7 heteroatoms. The van der Waals surface area contributed by atoms with Crippen molar-refractivity contribution in [3.63, 3.8) is 0 Å². The molecule has 122 valence electrons. The van der Waals surface area contributed by atoms with Crippen LogP contribution in [0.4, 0.5) is 13.2 Å². The quantitative estimate of drug-likeness (QED) is 0.767. The van der Waals surface area contributed by atoms with E-state index in [4.69, 9.17) is 23.2 Å². The van der Waals surface area contributed by atoms with Crippen LogP contribution in [0.3, 0.4) is 0 Å². The van der Waals surface area contributed by atoms with Gasteiger partial charge in [-0.3, -0.25) is 4.79 Å². The molecule has 0 fully saturated rings. The van der Waals surface area contributed by atoms with Crippen LogP contribution in [0.1, 0.15) is 34.5 Å². The Hall–Kier alpha value is -1.72. The SMILES string of the molecule is C[C@@H](NC(=O)c1cccc(C(F)(F)F)c1)c1ccc(Cl)cc1Cl. The fraction of sp³-hybridized carbons (Fsp3) is 0.188. The van der Waals surface area contributed by atoms with Crippen molar-refractivity contribution in [1.82, 2.24) is 5.32 Å². The highest BCUT2D eigenvalue weighted by atomic mass is 35.5. The maximum Gasteiger partial charge on any atom is 0.416 e. The van der Waals surface area contributed by atoms with Gasteiger partial charge in [-0.05, 0) is 42.8 Å². The molecular weight excluding hydrogens is 350 g/mol.